The Morgan fingerprint density at radius 3 is 3.07 bits per heavy atom. The first-order valence-electron chi connectivity index (χ1n) is 4.95. The maximum Gasteiger partial charge on any atom is 0.0602 e. The van der Waals surface area contributed by atoms with Crippen molar-refractivity contribution in [3.05, 3.63) is 23.2 Å². The summed E-state index contributed by atoms with van der Waals surface area (Å²) < 4.78 is 0. The molecule has 1 aromatic carbocycles. The van der Waals surface area contributed by atoms with Crippen molar-refractivity contribution in [3.8, 4) is 0 Å². The fourth-order valence-electron chi connectivity index (χ4n) is 1.80. The molecule has 1 heterocycles. The molecule has 1 aliphatic heterocycles. The van der Waals surface area contributed by atoms with Crippen molar-refractivity contribution >= 4 is 23.0 Å². The van der Waals surface area contributed by atoms with Gasteiger partial charge in [0.15, 0.2) is 0 Å². The Labute approximate surface area is 89.9 Å². The summed E-state index contributed by atoms with van der Waals surface area (Å²) in [6.07, 6.45) is 1.16. The Bertz CT molecular complexity index is 338. The normalized spacial score (nSPS) is 21.1. The lowest BCUT2D eigenvalue weighted by atomic mass is 10.2. The second kappa shape index (κ2) is 3.70. The third-order valence-electron chi connectivity index (χ3n) is 2.88. The molecule has 0 radical (unpaired) electrons. The first-order chi connectivity index (χ1) is 6.68. The van der Waals surface area contributed by atoms with Crippen molar-refractivity contribution in [1.82, 2.24) is 0 Å². The summed E-state index contributed by atoms with van der Waals surface area (Å²) in [5.74, 6) is 0. The highest BCUT2D eigenvalue weighted by Crippen LogP contribution is 2.31. The molecule has 76 valence electrons. The first-order valence-corrected chi connectivity index (χ1v) is 5.32. The lowest BCUT2D eigenvalue weighted by Gasteiger charge is -2.25. The van der Waals surface area contributed by atoms with Gasteiger partial charge < -0.3 is 10.2 Å². The first kappa shape index (κ1) is 9.66. The number of nitrogens with one attached hydrogen (secondary N) is 1. The molecule has 1 unspecified atom stereocenters. The van der Waals surface area contributed by atoms with Gasteiger partial charge in [-0.2, -0.15) is 0 Å². The topological polar surface area (TPSA) is 15.3 Å². The maximum atomic E-state index is 5.96. The van der Waals surface area contributed by atoms with Gasteiger partial charge in [-0.15, -0.1) is 0 Å². The van der Waals surface area contributed by atoms with Crippen molar-refractivity contribution in [2.45, 2.75) is 19.4 Å². The Morgan fingerprint density at radius 1 is 1.50 bits per heavy atom. The van der Waals surface area contributed by atoms with E-state index in [9.17, 15) is 0 Å². The number of rotatable bonds is 0. The van der Waals surface area contributed by atoms with Crippen LogP contribution in [0.2, 0.25) is 5.02 Å². The molecule has 0 aliphatic carbocycles. The van der Waals surface area contributed by atoms with Crippen molar-refractivity contribution in [1.29, 1.82) is 0 Å². The second-order valence-corrected chi connectivity index (χ2v) is 4.27. The van der Waals surface area contributed by atoms with E-state index in [0.29, 0.717) is 6.04 Å². The Balaban J connectivity index is 2.43. The van der Waals surface area contributed by atoms with E-state index in [1.54, 1.807) is 0 Å². The smallest absolute Gasteiger partial charge is 0.0602 e. The third kappa shape index (κ3) is 1.67. The van der Waals surface area contributed by atoms with E-state index in [4.69, 9.17) is 11.6 Å². The van der Waals surface area contributed by atoms with Crippen molar-refractivity contribution in [2.75, 3.05) is 23.8 Å². The lowest BCUT2D eigenvalue weighted by molar-refractivity contribution is 0.657. The fraction of sp³-hybridized carbons (Fsp3) is 0.455. The summed E-state index contributed by atoms with van der Waals surface area (Å²) in [5, 5.41) is 4.19. The zero-order chi connectivity index (χ0) is 10.1. The fourth-order valence-corrected chi connectivity index (χ4v) is 1.98. The van der Waals surface area contributed by atoms with Crippen LogP contribution in [0.25, 0.3) is 0 Å². The Morgan fingerprint density at radius 2 is 2.29 bits per heavy atom. The summed E-state index contributed by atoms with van der Waals surface area (Å²) >= 11 is 5.96. The van der Waals surface area contributed by atoms with E-state index in [0.717, 1.165) is 23.7 Å². The van der Waals surface area contributed by atoms with Gasteiger partial charge in [-0.05, 0) is 31.5 Å². The van der Waals surface area contributed by atoms with Gasteiger partial charge in [0.25, 0.3) is 0 Å². The molecule has 0 amide bonds. The number of benzene rings is 1. The number of anilines is 2. The van der Waals surface area contributed by atoms with Gasteiger partial charge in [-0.1, -0.05) is 11.6 Å². The van der Waals surface area contributed by atoms with Crippen LogP contribution in [0.5, 0.6) is 0 Å². The van der Waals surface area contributed by atoms with Crippen LogP contribution < -0.4 is 10.2 Å². The summed E-state index contributed by atoms with van der Waals surface area (Å²) in [5.41, 5.74) is 2.38. The predicted molar refractivity (Wildman–Crippen MR) is 62.4 cm³/mol. The van der Waals surface area contributed by atoms with E-state index < -0.39 is 0 Å². The number of halogens is 1. The molecule has 2 nitrogen and oxygen atoms in total. The highest BCUT2D eigenvalue weighted by atomic mass is 35.5. The molecule has 0 fully saturated rings. The van der Waals surface area contributed by atoms with Gasteiger partial charge in [-0.3, -0.25) is 0 Å². The van der Waals surface area contributed by atoms with Crippen molar-refractivity contribution in [2.24, 2.45) is 0 Å². The minimum absolute atomic E-state index is 0.574. The summed E-state index contributed by atoms with van der Waals surface area (Å²) in [6.45, 7) is 3.25. The molecular weight excluding hydrogens is 196 g/mol. The van der Waals surface area contributed by atoms with E-state index in [1.807, 2.05) is 12.1 Å². The van der Waals surface area contributed by atoms with Crippen molar-refractivity contribution in [3.63, 3.8) is 0 Å². The minimum Gasteiger partial charge on any atom is -0.383 e. The molecular formula is C11H15ClN2. The highest BCUT2D eigenvalue weighted by molar-refractivity contribution is 6.31. The van der Waals surface area contributed by atoms with Gasteiger partial charge >= 0.3 is 0 Å². The Kier molecular flexibility index (Phi) is 2.55. The molecule has 1 N–H and O–H groups in total. The maximum absolute atomic E-state index is 5.96. The quantitative estimate of drug-likeness (QED) is 0.708. The molecule has 0 spiro atoms. The molecule has 0 aromatic heterocycles. The lowest BCUT2D eigenvalue weighted by Crippen LogP contribution is -2.28. The molecule has 0 bridgehead atoms. The average molecular weight is 211 g/mol. The van der Waals surface area contributed by atoms with E-state index in [1.165, 1.54) is 5.69 Å². The molecule has 3 heteroatoms. The molecule has 1 aromatic rings. The molecule has 1 aliphatic rings. The molecule has 14 heavy (non-hydrogen) atoms. The summed E-state index contributed by atoms with van der Waals surface area (Å²) in [6, 6.07) is 6.58. The van der Waals surface area contributed by atoms with Crippen LogP contribution in [0.15, 0.2) is 18.2 Å². The van der Waals surface area contributed by atoms with Crippen LogP contribution in [-0.2, 0) is 0 Å². The van der Waals surface area contributed by atoms with E-state index in [-0.39, 0.29) is 0 Å². The highest BCUT2D eigenvalue weighted by Gasteiger charge is 2.17. The number of hydrogen-bond acceptors (Lipinski definition) is 2. The van der Waals surface area contributed by atoms with Crippen LogP contribution >= 0.6 is 11.6 Å². The predicted octanol–water partition coefficient (Wildman–Crippen LogP) is 2.98. The monoisotopic (exact) mass is 210 g/mol. The van der Waals surface area contributed by atoms with Crippen LogP contribution in [-0.4, -0.2) is 19.6 Å². The van der Waals surface area contributed by atoms with Gasteiger partial charge in [0.05, 0.1) is 11.4 Å². The van der Waals surface area contributed by atoms with Gasteiger partial charge in [0.1, 0.15) is 0 Å². The van der Waals surface area contributed by atoms with Crippen LogP contribution in [0.3, 0.4) is 0 Å². The standard InChI is InChI=1S/C11H15ClN2/c1-8-5-6-13-10-7-9(12)3-4-11(10)14(8)2/h3-4,7-8,13H,5-6H2,1-2H3. The van der Waals surface area contributed by atoms with E-state index in [2.05, 4.69) is 30.3 Å². The van der Waals surface area contributed by atoms with Crippen LogP contribution in [0, 0.1) is 0 Å². The van der Waals surface area contributed by atoms with Gasteiger partial charge in [-0.25, -0.2) is 0 Å². The zero-order valence-corrected chi connectivity index (χ0v) is 9.30. The Hall–Kier alpha value is -0.890. The SMILES string of the molecule is CC1CCNc2cc(Cl)ccc2N1C. The number of fused-ring (bicyclic) bond motifs is 1. The molecule has 2 rings (SSSR count). The average Bonchev–Trinajstić information content (AvgIpc) is 2.28. The van der Waals surface area contributed by atoms with Crippen molar-refractivity contribution < 1.29 is 0 Å². The minimum atomic E-state index is 0.574. The van der Waals surface area contributed by atoms with Gasteiger partial charge in [0.2, 0.25) is 0 Å². The van der Waals surface area contributed by atoms with Gasteiger partial charge in [0, 0.05) is 24.7 Å². The third-order valence-corrected chi connectivity index (χ3v) is 3.11. The van der Waals surface area contributed by atoms with Crippen LogP contribution in [0.4, 0.5) is 11.4 Å². The van der Waals surface area contributed by atoms with Crippen LogP contribution in [0.1, 0.15) is 13.3 Å². The zero-order valence-electron chi connectivity index (χ0n) is 8.55. The largest absolute Gasteiger partial charge is 0.383 e. The molecule has 0 saturated heterocycles. The van der Waals surface area contributed by atoms with E-state index >= 15 is 0 Å². The number of hydrogen-bond donors (Lipinski definition) is 1. The second-order valence-electron chi connectivity index (χ2n) is 3.84. The molecule has 0 saturated carbocycles. The molecule has 1 atom stereocenters. The number of nitrogens with zero attached hydrogens (tertiary/aromatic N) is 1. The summed E-state index contributed by atoms with van der Waals surface area (Å²) in [7, 11) is 2.13. The summed E-state index contributed by atoms with van der Waals surface area (Å²) in [4.78, 5) is 2.30.